The molecule has 1 N–H and O–H groups in total. The van der Waals surface area contributed by atoms with Crippen molar-refractivity contribution in [2.75, 3.05) is 6.61 Å². The van der Waals surface area contributed by atoms with E-state index in [1.807, 2.05) is 19.1 Å². The predicted octanol–water partition coefficient (Wildman–Crippen LogP) is 3.71. The molecule has 0 aromatic heterocycles. The first kappa shape index (κ1) is 19.3. The highest BCUT2D eigenvalue weighted by Crippen LogP contribution is 2.06. The molecule has 0 radical (unpaired) electrons. The smallest absolute Gasteiger partial charge is 0.335 e. The molecule has 0 saturated carbocycles. The maximum absolute atomic E-state index is 11.1. The van der Waals surface area contributed by atoms with Crippen molar-refractivity contribution in [1.29, 1.82) is 0 Å². The van der Waals surface area contributed by atoms with E-state index in [9.17, 15) is 4.79 Å². The Labute approximate surface area is 127 Å². The molecule has 0 saturated heterocycles. The van der Waals surface area contributed by atoms with Gasteiger partial charge in [-0.15, -0.1) is 0 Å². The molecule has 0 aliphatic rings. The summed E-state index contributed by atoms with van der Waals surface area (Å²) < 4.78 is 0. The first-order valence-electron chi connectivity index (χ1n) is 7.60. The molecule has 0 amide bonds. The third-order valence-corrected chi connectivity index (χ3v) is 2.61. The number of rotatable bonds is 7. The molecule has 4 heteroatoms. The lowest BCUT2D eigenvalue weighted by atomic mass is 10.1. The highest BCUT2D eigenvalue weighted by Gasteiger charge is 1.98. The van der Waals surface area contributed by atoms with Gasteiger partial charge in [0.05, 0.1) is 6.21 Å². The van der Waals surface area contributed by atoms with Crippen molar-refractivity contribution >= 4 is 12.2 Å². The number of benzene rings is 1. The van der Waals surface area contributed by atoms with Crippen LogP contribution >= 0.6 is 0 Å². The van der Waals surface area contributed by atoms with Crippen LogP contribution in [0.15, 0.2) is 29.4 Å². The fourth-order valence-corrected chi connectivity index (χ4v) is 1.55. The minimum Gasteiger partial charge on any atom is -0.397 e. The van der Waals surface area contributed by atoms with Crippen LogP contribution in [-0.2, 0) is 16.1 Å². The number of hydrogen-bond acceptors (Lipinski definition) is 4. The quantitative estimate of drug-likeness (QED) is 0.473. The van der Waals surface area contributed by atoms with E-state index in [-0.39, 0.29) is 12.6 Å². The van der Waals surface area contributed by atoms with Gasteiger partial charge in [0.15, 0.2) is 0 Å². The summed E-state index contributed by atoms with van der Waals surface area (Å²) >= 11 is 0. The van der Waals surface area contributed by atoms with Crippen LogP contribution < -0.4 is 0 Å². The molecule has 0 unspecified atom stereocenters. The van der Waals surface area contributed by atoms with Crippen molar-refractivity contribution in [2.45, 2.75) is 52.9 Å². The summed E-state index contributed by atoms with van der Waals surface area (Å²) in [6.45, 7) is 6.05. The normalized spacial score (nSPS) is 10.1. The maximum Gasteiger partial charge on any atom is 0.335 e. The monoisotopic (exact) mass is 293 g/mol. The number of unbranched alkanes of at least 4 members (excludes halogenated alkanes) is 1. The van der Waals surface area contributed by atoms with E-state index >= 15 is 0 Å². The van der Waals surface area contributed by atoms with Crippen LogP contribution in [0.1, 0.15) is 57.6 Å². The molecule has 118 valence electrons. The van der Waals surface area contributed by atoms with Crippen LogP contribution in [0.25, 0.3) is 0 Å². The lowest BCUT2D eigenvalue weighted by Gasteiger charge is -2.00. The summed E-state index contributed by atoms with van der Waals surface area (Å²) in [7, 11) is 0. The number of carbonyl (C=O) groups is 1. The SMILES string of the molecule is CCCCc1ccc(/C=N\OC(=O)CCC)cc1.CCO. The van der Waals surface area contributed by atoms with E-state index in [0.717, 1.165) is 18.4 Å². The topological polar surface area (TPSA) is 58.9 Å². The molecular weight excluding hydrogens is 266 g/mol. The molecule has 4 nitrogen and oxygen atoms in total. The maximum atomic E-state index is 11.1. The third-order valence-electron chi connectivity index (χ3n) is 2.61. The van der Waals surface area contributed by atoms with Gasteiger partial charge < -0.3 is 9.94 Å². The number of aryl methyl sites for hydroxylation is 1. The van der Waals surface area contributed by atoms with E-state index in [0.29, 0.717) is 6.42 Å². The molecule has 21 heavy (non-hydrogen) atoms. The van der Waals surface area contributed by atoms with Crippen molar-refractivity contribution < 1.29 is 14.7 Å². The van der Waals surface area contributed by atoms with Gasteiger partial charge in [0.25, 0.3) is 0 Å². The van der Waals surface area contributed by atoms with Gasteiger partial charge in [-0.25, -0.2) is 4.79 Å². The van der Waals surface area contributed by atoms with Crippen molar-refractivity contribution in [2.24, 2.45) is 5.16 Å². The molecule has 0 bridgehead atoms. The Bertz CT molecular complexity index is 399. The molecule has 1 aromatic rings. The van der Waals surface area contributed by atoms with Gasteiger partial charge in [0.1, 0.15) is 0 Å². The van der Waals surface area contributed by atoms with Crippen LogP contribution in [0.4, 0.5) is 0 Å². The summed E-state index contributed by atoms with van der Waals surface area (Å²) in [5.41, 5.74) is 2.27. The number of aliphatic hydroxyl groups is 1. The van der Waals surface area contributed by atoms with Crippen LogP contribution in [0, 0.1) is 0 Å². The molecule has 1 aromatic carbocycles. The summed E-state index contributed by atoms with van der Waals surface area (Å²) in [5, 5.41) is 11.2. The Hall–Kier alpha value is -1.68. The Balaban J connectivity index is 0.00000122. The zero-order valence-corrected chi connectivity index (χ0v) is 13.3. The Morgan fingerprint density at radius 2 is 1.81 bits per heavy atom. The second-order valence-electron chi connectivity index (χ2n) is 4.61. The standard InChI is InChI=1S/C15H21NO2.C2H6O/c1-3-5-7-13-8-10-14(11-9-13)12-16-18-15(17)6-4-2;1-2-3/h8-12H,3-7H2,1-2H3;3H,2H2,1H3/b16-12-;. The van der Waals surface area contributed by atoms with E-state index in [2.05, 4.69) is 24.2 Å². The van der Waals surface area contributed by atoms with Gasteiger partial charge in [-0.05, 0) is 37.3 Å². The Kier molecular flexibility index (Phi) is 12.2. The predicted molar refractivity (Wildman–Crippen MR) is 86.4 cm³/mol. The first-order chi connectivity index (χ1) is 10.2. The number of oxime groups is 1. The second-order valence-corrected chi connectivity index (χ2v) is 4.61. The van der Waals surface area contributed by atoms with Gasteiger partial charge >= 0.3 is 5.97 Å². The number of hydrogen-bond donors (Lipinski definition) is 1. The molecular formula is C17H27NO3. The summed E-state index contributed by atoms with van der Waals surface area (Å²) in [6, 6.07) is 8.15. The summed E-state index contributed by atoms with van der Waals surface area (Å²) in [4.78, 5) is 15.8. The zero-order chi connectivity index (χ0) is 15.9. The van der Waals surface area contributed by atoms with Gasteiger partial charge in [-0.3, -0.25) is 0 Å². The van der Waals surface area contributed by atoms with Gasteiger partial charge in [-0.1, -0.05) is 49.7 Å². The lowest BCUT2D eigenvalue weighted by molar-refractivity contribution is -0.143. The number of nitrogens with zero attached hydrogens (tertiary/aromatic N) is 1. The molecule has 0 fully saturated rings. The van der Waals surface area contributed by atoms with Gasteiger partial charge in [0.2, 0.25) is 0 Å². The molecule has 0 aliphatic heterocycles. The van der Waals surface area contributed by atoms with E-state index < -0.39 is 0 Å². The number of aliphatic hydroxyl groups excluding tert-OH is 1. The van der Waals surface area contributed by atoms with Crippen LogP contribution in [0.3, 0.4) is 0 Å². The molecule has 1 rings (SSSR count). The van der Waals surface area contributed by atoms with Gasteiger partial charge in [-0.2, -0.15) is 0 Å². The molecule has 0 atom stereocenters. The van der Waals surface area contributed by atoms with Crippen LogP contribution in [0.5, 0.6) is 0 Å². The molecule has 0 aliphatic carbocycles. The van der Waals surface area contributed by atoms with E-state index in [4.69, 9.17) is 9.94 Å². The minimum absolute atomic E-state index is 0.250. The van der Waals surface area contributed by atoms with Crippen LogP contribution in [-0.4, -0.2) is 23.9 Å². The van der Waals surface area contributed by atoms with E-state index in [1.165, 1.54) is 18.4 Å². The average Bonchev–Trinajstić information content (AvgIpc) is 2.47. The third kappa shape index (κ3) is 10.7. The van der Waals surface area contributed by atoms with Crippen molar-refractivity contribution in [3.8, 4) is 0 Å². The average molecular weight is 293 g/mol. The van der Waals surface area contributed by atoms with Crippen molar-refractivity contribution in [1.82, 2.24) is 0 Å². The summed E-state index contributed by atoms with van der Waals surface area (Å²) in [6.07, 6.45) is 6.28. The highest BCUT2D eigenvalue weighted by molar-refractivity contribution is 5.80. The van der Waals surface area contributed by atoms with Crippen LogP contribution in [0.2, 0.25) is 0 Å². The van der Waals surface area contributed by atoms with Gasteiger partial charge in [0, 0.05) is 13.0 Å². The van der Waals surface area contributed by atoms with E-state index in [1.54, 1.807) is 13.1 Å². The van der Waals surface area contributed by atoms with Crippen molar-refractivity contribution in [3.63, 3.8) is 0 Å². The Morgan fingerprint density at radius 3 is 2.33 bits per heavy atom. The summed E-state index contributed by atoms with van der Waals surface area (Å²) in [5.74, 6) is -0.284. The first-order valence-corrected chi connectivity index (χ1v) is 7.60. The highest BCUT2D eigenvalue weighted by atomic mass is 16.7. The fraction of sp³-hybridized carbons (Fsp3) is 0.529. The van der Waals surface area contributed by atoms with Crippen molar-refractivity contribution in [3.05, 3.63) is 35.4 Å². The largest absolute Gasteiger partial charge is 0.397 e. The second kappa shape index (κ2) is 13.3. The molecule has 0 spiro atoms. The molecule has 0 heterocycles. The number of carbonyl (C=O) groups excluding carboxylic acids is 1. The Morgan fingerprint density at radius 1 is 1.19 bits per heavy atom. The lowest BCUT2D eigenvalue weighted by Crippen LogP contribution is -1.98. The fourth-order valence-electron chi connectivity index (χ4n) is 1.55. The zero-order valence-electron chi connectivity index (χ0n) is 13.3. The minimum atomic E-state index is -0.284.